The first-order valence-electron chi connectivity index (χ1n) is 13.2. The van der Waals surface area contributed by atoms with Crippen LogP contribution in [0.15, 0.2) is 24.3 Å². The van der Waals surface area contributed by atoms with E-state index in [1.807, 2.05) is 13.0 Å². The molecule has 0 saturated carbocycles. The number of aliphatic hydroxyl groups is 4. The van der Waals surface area contributed by atoms with Crippen LogP contribution in [0.5, 0.6) is 0 Å². The highest BCUT2D eigenvalue weighted by Crippen LogP contribution is 2.13. The number of hydrogen-bond acceptors (Lipinski definition) is 5. The second kappa shape index (κ2) is 22.6. The maximum absolute atomic E-state index is 12.2. The summed E-state index contributed by atoms with van der Waals surface area (Å²) in [6, 6.07) is -0.998. The topological polar surface area (TPSA) is 110 Å². The summed E-state index contributed by atoms with van der Waals surface area (Å²) in [6.45, 7) is 3.71. The Balaban J connectivity index is 4.06. The summed E-state index contributed by atoms with van der Waals surface area (Å²) in [6.07, 6.45) is 19.5. The van der Waals surface area contributed by atoms with Gasteiger partial charge in [-0.05, 0) is 45.4 Å². The minimum atomic E-state index is -1.28. The van der Waals surface area contributed by atoms with Crippen LogP contribution in [-0.2, 0) is 4.79 Å². The summed E-state index contributed by atoms with van der Waals surface area (Å²) in [5.74, 6) is -0.607. The summed E-state index contributed by atoms with van der Waals surface area (Å²) in [5.41, 5.74) is 0. The van der Waals surface area contributed by atoms with Crippen molar-refractivity contribution >= 4 is 5.91 Å². The highest BCUT2D eigenvalue weighted by atomic mass is 16.3. The van der Waals surface area contributed by atoms with Crippen molar-refractivity contribution in [3.63, 3.8) is 0 Å². The molecule has 0 aromatic rings. The molecule has 5 N–H and O–H groups in total. The maximum atomic E-state index is 12.2. The van der Waals surface area contributed by atoms with Crippen LogP contribution in [0.2, 0.25) is 0 Å². The smallest absolute Gasteiger partial charge is 0.249 e. The Morgan fingerprint density at radius 2 is 1.36 bits per heavy atom. The van der Waals surface area contributed by atoms with E-state index in [0.29, 0.717) is 19.3 Å². The van der Waals surface area contributed by atoms with E-state index in [0.717, 1.165) is 38.5 Å². The summed E-state index contributed by atoms with van der Waals surface area (Å²) in [4.78, 5) is 12.2. The van der Waals surface area contributed by atoms with E-state index in [1.54, 1.807) is 0 Å². The third-order valence-electron chi connectivity index (χ3n) is 5.99. The number of carbonyl (C=O) groups is 1. The van der Waals surface area contributed by atoms with Gasteiger partial charge in [-0.25, -0.2) is 0 Å². The van der Waals surface area contributed by atoms with Gasteiger partial charge < -0.3 is 25.7 Å². The van der Waals surface area contributed by atoms with Gasteiger partial charge in [0, 0.05) is 0 Å². The fourth-order valence-corrected chi connectivity index (χ4v) is 3.78. The van der Waals surface area contributed by atoms with Gasteiger partial charge in [0.1, 0.15) is 12.2 Å². The molecule has 0 aromatic heterocycles. The lowest BCUT2D eigenvalue weighted by Crippen LogP contribution is -2.53. The van der Waals surface area contributed by atoms with E-state index < -0.39 is 36.9 Å². The zero-order chi connectivity index (χ0) is 24.7. The number of nitrogens with one attached hydrogen (secondary N) is 1. The molecule has 6 nitrogen and oxygen atoms in total. The molecule has 4 unspecified atom stereocenters. The zero-order valence-electron chi connectivity index (χ0n) is 21.1. The van der Waals surface area contributed by atoms with E-state index in [2.05, 4.69) is 30.5 Å². The first-order chi connectivity index (χ1) is 16.0. The largest absolute Gasteiger partial charge is 0.394 e. The molecule has 0 radical (unpaired) electrons. The molecule has 33 heavy (non-hydrogen) atoms. The Hall–Kier alpha value is -1.21. The third-order valence-corrected chi connectivity index (χ3v) is 5.99. The van der Waals surface area contributed by atoms with Gasteiger partial charge in [-0.15, -0.1) is 0 Å². The molecular formula is C27H51NO5. The van der Waals surface area contributed by atoms with E-state index in [-0.39, 0.29) is 0 Å². The lowest BCUT2D eigenvalue weighted by atomic mass is 10.00. The van der Waals surface area contributed by atoms with Crippen LogP contribution in [0.4, 0.5) is 0 Å². The average molecular weight is 470 g/mol. The first kappa shape index (κ1) is 31.8. The summed E-state index contributed by atoms with van der Waals surface area (Å²) in [7, 11) is 0. The van der Waals surface area contributed by atoms with Gasteiger partial charge in [0.15, 0.2) is 0 Å². The third kappa shape index (κ3) is 17.9. The number of amides is 1. The van der Waals surface area contributed by atoms with Crippen LogP contribution in [0.3, 0.4) is 0 Å². The Morgan fingerprint density at radius 1 is 0.788 bits per heavy atom. The lowest BCUT2D eigenvalue weighted by Gasteiger charge is -2.27. The van der Waals surface area contributed by atoms with Crippen LogP contribution < -0.4 is 5.32 Å². The molecule has 0 spiro atoms. The van der Waals surface area contributed by atoms with Crippen LogP contribution >= 0.6 is 0 Å². The highest BCUT2D eigenvalue weighted by Gasteiger charge is 2.28. The van der Waals surface area contributed by atoms with Crippen molar-refractivity contribution in [2.24, 2.45) is 0 Å². The van der Waals surface area contributed by atoms with Crippen molar-refractivity contribution in [2.45, 2.75) is 135 Å². The molecule has 4 atom stereocenters. The molecule has 0 heterocycles. The Kier molecular flexibility index (Phi) is 21.7. The summed E-state index contributed by atoms with van der Waals surface area (Å²) < 4.78 is 0. The van der Waals surface area contributed by atoms with E-state index in [9.17, 15) is 25.2 Å². The van der Waals surface area contributed by atoms with E-state index in [4.69, 9.17) is 0 Å². The van der Waals surface area contributed by atoms with Crippen molar-refractivity contribution < 1.29 is 25.2 Å². The minimum absolute atomic E-state index is 0.360. The fourth-order valence-electron chi connectivity index (χ4n) is 3.78. The van der Waals surface area contributed by atoms with Gasteiger partial charge in [0.2, 0.25) is 5.91 Å². The predicted octanol–water partition coefficient (Wildman–Crippen LogP) is 4.55. The van der Waals surface area contributed by atoms with Crippen molar-refractivity contribution in [3.8, 4) is 0 Å². The van der Waals surface area contributed by atoms with Gasteiger partial charge in [-0.1, -0.05) is 89.0 Å². The first-order valence-corrected chi connectivity index (χ1v) is 13.2. The molecule has 0 aromatic carbocycles. The quantitative estimate of drug-likeness (QED) is 0.118. The van der Waals surface area contributed by atoms with E-state index in [1.165, 1.54) is 38.5 Å². The van der Waals surface area contributed by atoms with Crippen LogP contribution in [-0.4, -0.2) is 57.3 Å². The minimum Gasteiger partial charge on any atom is -0.394 e. The number of allylic oxidation sites excluding steroid dienone is 4. The monoisotopic (exact) mass is 469 g/mol. The normalized spacial score (nSPS) is 15.7. The lowest BCUT2D eigenvalue weighted by molar-refractivity contribution is -0.132. The van der Waals surface area contributed by atoms with Gasteiger partial charge in [-0.2, -0.15) is 0 Å². The van der Waals surface area contributed by atoms with Crippen molar-refractivity contribution in [1.82, 2.24) is 5.32 Å². The van der Waals surface area contributed by atoms with Gasteiger partial charge in [0.25, 0.3) is 0 Å². The number of rotatable bonds is 22. The molecular weight excluding hydrogens is 418 g/mol. The molecule has 0 aliphatic carbocycles. The van der Waals surface area contributed by atoms with Gasteiger partial charge in [-0.3, -0.25) is 4.79 Å². The van der Waals surface area contributed by atoms with Crippen LogP contribution in [0, 0.1) is 0 Å². The van der Waals surface area contributed by atoms with Crippen molar-refractivity contribution in [3.05, 3.63) is 24.3 Å². The molecule has 0 saturated heterocycles. The Labute approximate surface area is 202 Å². The van der Waals surface area contributed by atoms with Gasteiger partial charge >= 0.3 is 0 Å². The predicted molar refractivity (Wildman–Crippen MR) is 136 cm³/mol. The molecule has 194 valence electrons. The van der Waals surface area contributed by atoms with Crippen molar-refractivity contribution in [2.75, 3.05) is 6.61 Å². The van der Waals surface area contributed by atoms with E-state index >= 15 is 0 Å². The fraction of sp³-hybridized carbons (Fsp3) is 0.815. The standard InChI is InChI=1S/C27H51NO5/c1-3-5-7-9-11-13-15-17-19-21-25(31)27(33)28-23(22-29)26(32)24(30)20-18-16-14-12-10-8-6-4-2/h4,6,12,14,23-26,29-32H,3,5,7-11,13,15-22H2,1-2H3,(H,28,33)/b6-4+,14-12+. The Bertz CT molecular complexity index is 509. The summed E-state index contributed by atoms with van der Waals surface area (Å²) >= 11 is 0. The Morgan fingerprint density at radius 3 is 1.97 bits per heavy atom. The van der Waals surface area contributed by atoms with Crippen molar-refractivity contribution in [1.29, 1.82) is 0 Å². The number of aliphatic hydroxyl groups excluding tert-OH is 4. The summed E-state index contributed by atoms with van der Waals surface area (Å²) in [5, 5.41) is 42.7. The zero-order valence-corrected chi connectivity index (χ0v) is 21.1. The molecule has 1 amide bonds. The SMILES string of the molecule is C/C=C/CC/C=C/CCCC(O)C(O)C(CO)NC(=O)C(O)CCCCCCCCCCC. The number of unbranched alkanes of at least 4 members (excludes halogenated alkanes) is 10. The molecule has 0 fully saturated rings. The second-order valence-corrected chi connectivity index (χ2v) is 9.04. The van der Waals surface area contributed by atoms with Crippen LogP contribution in [0.1, 0.15) is 110 Å². The molecule has 0 bridgehead atoms. The number of hydrogen-bond donors (Lipinski definition) is 5. The van der Waals surface area contributed by atoms with Gasteiger partial charge in [0.05, 0.1) is 18.8 Å². The average Bonchev–Trinajstić information content (AvgIpc) is 2.82. The molecule has 0 aliphatic heterocycles. The second-order valence-electron chi connectivity index (χ2n) is 9.04. The number of carbonyl (C=O) groups excluding carboxylic acids is 1. The highest BCUT2D eigenvalue weighted by molar-refractivity contribution is 5.80. The molecule has 0 rings (SSSR count). The maximum Gasteiger partial charge on any atom is 0.249 e. The molecule has 6 heteroatoms. The van der Waals surface area contributed by atoms with Crippen LogP contribution in [0.25, 0.3) is 0 Å². The molecule has 0 aliphatic rings.